The number of carboxylic acids is 8. The SMILES string of the molecule is C1C[NH2+]CC[NH2+]1.O.O.O=C([O-])c1cc(C(=O)O)c(C(=O)O)cc1C(=O)O.O=C([O-])c1cc(C(=O)O)c(C(=O)O)cc1C(=O)O. The number of aromatic carboxylic acids is 8. The van der Waals surface area contributed by atoms with Crippen LogP contribution in [-0.4, -0.2) is 116 Å². The summed E-state index contributed by atoms with van der Waals surface area (Å²) < 4.78 is 0. The Labute approximate surface area is 244 Å². The van der Waals surface area contributed by atoms with Crippen LogP contribution in [0.4, 0.5) is 0 Å². The second kappa shape index (κ2) is 17.8. The van der Waals surface area contributed by atoms with Crippen LogP contribution in [0.3, 0.4) is 0 Å². The van der Waals surface area contributed by atoms with E-state index < -0.39 is 92.3 Å². The first kappa shape index (κ1) is 40.2. The molecule has 0 aromatic heterocycles. The lowest BCUT2D eigenvalue weighted by atomic mass is 9.98. The van der Waals surface area contributed by atoms with Crippen molar-refractivity contribution in [3.8, 4) is 0 Å². The summed E-state index contributed by atoms with van der Waals surface area (Å²) >= 11 is 0. The predicted octanol–water partition coefficient (Wildman–Crippen LogP) is -6.23. The van der Waals surface area contributed by atoms with Gasteiger partial charge in [-0.05, 0) is 24.3 Å². The Bertz CT molecular complexity index is 1150. The van der Waals surface area contributed by atoms with Crippen molar-refractivity contribution in [1.82, 2.24) is 0 Å². The van der Waals surface area contributed by atoms with E-state index in [0.717, 1.165) is 0 Å². The molecule has 20 nitrogen and oxygen atoms in total. The number of piperazine rings is 1. The maximum absolute atomic E-state index is 10.8. The predicted molar refractivity (Wildman–Crippen MR) is 134 cm³/mol. The van der Waals surface area contributed by atoms with Crippen molar-refractivity contribution in [2.75, 3.05) is 26.2 Å². The van der Waals surface area contributed by atoms with Gasteiger partial charge in [0.25, 0.3) is 0 Å². The highest BCUT2D eigenvalue weighted by atomic mass is 16.4. The van der Waals surface area contributed by atoms with Crippen LogP contribution in [-0.2, 0) is 0 Å². The summed E-state index contributed by atoms with van der Waals surface area (Å²) in [6.07, 6.45) is 0. The Hall–Kier alpha value is -5.96. The van der Waals surface area contributed by atoms with Crippen LogP contribution >= 0.6 is 0 Å². The largest absolute Gasteiger partial charge is 0.545 e. The van der Waals surface area contributed by atoms with Gasteiger partial charge in [0.1, 0.15) is 26.2 Å². The molecule has 240 valence electrons. The topological polar surface area (TPSA) is 400 Å². The smallest absolute Gasteiger partial charge is 0.336 e. The number of benzene rings is 2. The number of carbonyl (C=O) groups is 8. The summed E-state index contributed by atoms with van der Waals surface area (Å²) in [7, 11) is 0. The average molecular weight is 630 g/mol. The van der Waals surface area contributed by atoms with Gasteiger partial charge in [-0.3, -0.25) is 0 Å². The number of carbonyl (C=O) groups excluding carboxylic acids is 2. The zero-order chi connectivity index (χ0) is 32.3. The van der Waals surface area contributed by atoms with Gasteiger partial charge in [-0.2, -0.15) is 0 Å². The van der Waals surface area contributed by atoms with Crippen LogP contribution < -0.4 is 20.8 Å². The third-order valence-corrected chi connectivity index (χ3v) is 5.29. The first-order chi connectivity index (χ1) is 19.5. The number of quaternary nitrogens is 2. The number of hydrogen-bond donors (Lipinski definition) is 8. The van der Waals surface area contributed by atoms with Gasteiger partial charge in [0.2, 0.25) is 0 Å². The second-order valence-electron chi connectivity index (χ2n) is 8.02. The molecule has 1 aliphatic heterocycles. The summed E-state index contributed by atoms with van der Waals surface area (Å²) in [6, 6.07) is 1.84. The van der Waals surface area contributed by atoms with E-state index in [2.05, 4.69) is 10.6 Å². The molecule has 0 aliphatic carbocycles. The minimum Gasteiger partial charge on any atom is -0.545 e. The minimum atomic E-state index is -1.91. The lowest BCUT2D eigenvalue weighted by Crippen LogP contribution is -3.04. The lowest BCUT2D eigenvalue weighted by Gasteiger charge is -2.10. The van der Waals surface area contributed by atoms with E-state index in [-0.39, 0.29) is 11.0 Å². The zero-order valence-electron chi connectivity index (χ0n) is 22.1. The van der Waals surface area contributed by atoms with Crippen LogP contribution in [0.15, 0.2) is 24.3 Å². The Morgan fingerprint density at radius 2 is 0.568 bits per heavy atom. The standard InChI is InChI=1S/2C10H6O8.C4H10N2.2H2O/c2*11-7(12)3-1-4(8(13)14)6(10(17)18)2-5(3)9(15)16;1-2-6-4-3-5-1;;/h2*1-2H,(H,11,12)(H,13,14)(H,15,16)(H,17,18);5-6H,1-4H2;2*1H2. The van der Waals surface area contributed by atoms with Gasteiger partial charge in [0.05, 0.1) is 45.3 Å². The molecular weight excluding hydrogens is 604 g/mol. The van der Waals surface area contributed by atoms with E-state index >= 15 is 0 Å². The van der Waals surface area contributed by atoms with Gasteiger partial charge < -0.3 is 72.0 Å². The van der Waals surface area contributed by atoms with E-state index in [1.54, 1.807) is 0 Å². The van der Waals surface area contributed by atoms with Gasteiger partial charge in [0, 0.05) is 11.1 Å². The molecule has 1 fully saturated rings. The summed E-state index contributed by atoms with van der Waals surface area (Å²) in [6.45, 7) is 5.28. The van der Waals surface area contributed by atoms with Gasteiger partial charge in [0.15, 0.2) is 0 Å². The molecule has 0 spiro atoms. The highest BCUT2D eigenvalue weighted by Crippen LogP contribution is 2.19. The van der Waals surface area contributed by atoms with E-state index in [0.29, 0.717) is 24.3 Å². The molecule has 1 aliphatic rings. The van der Waals surface area contributed by atoms with Crippen LogP contribution in [0, 0.1) is 0 Å². The monoisotopic (exact) mass is 630 g/mol. The molecule has 1 heterocycles. The first-order valence-corrected chi connectivity index (χ1v) is 11.3. The summed E-state index contributed by atoms with van der Waals surface area (Å²) in [5.74, 6) is -14.0. The van der Waals surface area contributed by atoms with E-state index in [1.807, 2.05) is 0 Å². The Kier molecular flexibility index (Phi) is 16.2. The van der Waals surface area contributed by atoms with Gasteiger partial charge >= 0.3 is 35.8 Å². The van der Waals surface area contributed by atoms with Crippen molar-refractivity contribution >= 4 is 47.8 Å². The van der Waals surface area contributed by atoms with Crippen molar-refractivity contribution in [2.24, 2.45) is 0 Å². The van der Waals surface area contributed by atoms with Gasteiger partial charge in [-0.1, -0.05) is 0 Å². The molecular formula is C24H26N2O18. The fourth-order valence-electron chi connectivity index (χ4n) is 3.36. The summed E-state index contributed by atoms with van der Waals surface area (Å²) in [4.78, 5) is 85.9. The van der Waals surface area contributed by atoms with Crippen LogP contribution in [0.1, 0.15) is 82.9 Å². The molecule has 0 unspecified atom stereocenters. The highest BCUT2D eigenvalue weighted by Gasteiger charge is 2.23. The fraction of sp³-hybridized carbons (Fsp3) is 0.167. The number of hydrogen-bond acceptors (Lipinski definition) is 10. The third-order valence-electron chi connectivity index (χ3n) is 5.29. The maximum Gasteiger partial charge on any atom is 0.336 e. The fourth-order valence-corrected chi connectivity index (χ4v) is 3.36. The number of carboxylic acid groups (broad SMARTS) is 8. The molecule has 20 heteroatoms. The Morgan fingerprint density at radius 1 is 0.409 bits per heavy atom. The first-order valence-electron chi connectivity index (χ1n) is 11.3. The van der Waals surface area contributed by atoms with Crippen LogP contribution in [0.2, 0.25) is 0 Å². The third kappa shape index (κ3) is 10.8. The van der Waals surface area contributed by atoms with E-state index in [1.165, 1.54) is 26.2 Å². The second-order valence-corrected chi connectivity index (χ2v) is 8.02. The minimum absolute atomic E-state index is 0. The normalized spacial score (nSPS) is 11.3. The molecule has 44 heavy (non-hydrogen) atoms. The number of nitrogens with two attached hydrogens (primary N) is 2. The van der Waals surface area contributed by atoms with Crippen molar-refractivity contribution in [2.45, 2.75) is 0 Å². The Morgan fingerprint density at radius 3 is 0.705 bits per heavy atom. The molecule has 3 rings (SSSR count). The maximum atomic E-state index is 10.8. The number of rotatable bonds is 8. The van der Waals surface area contributed by atoms with Gasteiger partial charge in [-0.25, -0.2) is 28.8 Å². The molecule has 0 atom stereocenters. The van der Waals surface area contributed by atoms with Crippen molar-refractivity contribution in [3.63, 3.8) is 0 Å². The van der Waals surface area contributed by atoms with Crippen molar-refractivity contribution < 1.29 is 101 Å². The quantitative estimate of drug-likeness (QED) is 0.134. The van der Waals surface area contributed by atoms with Crippen molar-refractivity contribution in [3.05, 3.63) is 68.8 Å². The average Bonchev–Trinajstić information content (AvgIpc) is 2.92. The lowest BCUT2D eigenvalue weighted by molar-refractivity contribution is -0.787. The van der Waals surface area contributed by atoms with E-state index in [4.69, 9.17) is 30.6 Å². The van der Waals surface area contributed by atoms with Crippen molar-refractivity contribution in [1.29, 1.82) is 0 Å². The summed E-state index contributed by atoms with van der Waals surface area (Å²) in [5.41, 5.74) is -6.78. The van der Waals surface area contributed by atoms with Crippen LogP contribution in [0.5, 0.6) is 0 Å². The molecule has 14 N–H and O–H groups in total. The molecule has 2 aromatic rings. The van der Waals surface area contributed by atoms with E-state index in [9.17, 15) is 48.6 Å². The molecule has 0 bridgehead atoms. The molecule has 0 amide bonds. The zero-order valence-corrected chi connectivity index (χ0v) is 22.1. The summed E-state index contributed by atoms with van der Waals surface area (Å²) in [5, 5.41) is 78.4. The molecule has 1 saturated heterocycles. The molecule has 0 radical (unpaired) electrons. The van der Waals surface area contributed by atoms with Crippen LogP contribution in [0.25, 0.3) is 0 Å². The van der Waals surface area contributed by atoms with Gasteiger partial charge in [-0.15, -0.1) is 0 Å². The molecule has 2 aromatic carbocycles. The highest BCUT2D eigenvalue weighted by molar-refractivity contribution is 6.09. The Balaban J connectivity index is 0. The molecule has 0 saturated carbocycles.